The number of hydrogen-bond donors (Lipinski definition) is 0. The molecule has 0 aromatic carbocycles. The summed E-state index contributed by atoms with van der Waals surface area (Å²) >= 11 is 0. The molecule has 1 heteroatoms. The van der Waals surface area contributed by atoms with E-state index in [2.05, 4.69) is 12.2 Å². The predicted molar refractivity (Wildman–Crippen MR) is 30.4 cm³/mol. The molecule has 2 rings (SSSR count). The molecule has 0 N–H and O–H groups in total. The minimum absolute atomic E-state index is 0.412. The topological polar surface area (TPSA) is 17.1 Å². The number of ketones is 1. The molecular weight excluding hydrogens is 100 g/mol. The summed E-state index contributed by atoms with van der Waals surface area (Å²) in [6.45, 7) is 0. The summed E-state index contributed by atoms with van der Waals surface area (Å²) in [5, 5.41) is 0. The first-order valence-electron chi connectivity index (χ1n) is 3.07. The summed E-state index contributed by atoms with van der Waals surface area (Å²) in [4.78, 5) is 10.7. The zero-order chi connectivity index (χ0) is 5.56. The third kappa shape index (κ3) is 0.347. The van der Waals surface area contributed by atoms with Crippen molar-refractivity contribution >= 4 is 5.78 Å². The first kappa shape index (κ1) is 4.30. The van der Waals surface area contributed by atoms with Crippen molar-refractivity contribution in [2.75, 3.05) is 0 Å². The Morgan fingerprint density at radius 1 is 1.62 bits per heavy atom. The molecule has 0 spiro atoms. The van der Waals surface area contributed by atoms with E-state index in [4.69, 9.17) is 0 Å². The van der Waals surface area contributed by atoms with Gasteiger partial charge in [0, 0.05) is 12.3 Å². The van der Waals surface area contributed by atoms with E-state index in [-0.39, 0.29) is 0 Å². The van der Waals surface area contributed by atoms with Crippen LogP contribution < -0.4 is 0 Å². The lowest BCUT2D eigenvalue weighted by Crippen LogP contribution is -2.32. The summed E-state index contributed by atoms with van der Waals surface area (Å²) in [6.07, 6.45) is 6.14. The highest BCUT2D eigenvalue weighted by molar-refractivity contribution is 5.88. The van der Waals surface area contributed by atoms with Crippen LogP contribution in [0.1, 0.15) is 12.8 Å². The Labute approximate surface area is 48.4 Å². The second-order valence-corrected chi connectivity index (χ2v) is 2.60. The van der Waals surface area contributed by atoms with Gasteiger partial charge in [0.05, 0.1) is 0 Å². The Kier molecular flexibility index (Phi) is 0.655. The zero-order valence-corrected chi connectivity index (χ0v) is 4.63. The number of rotatable bonds is 0. The SMILES string of the molecule is O=C1CC2C=CCC12. The van der Waals surface area contributed by atoms with Crippen molar-refractivity contribution in [3.63, 3.8) is 0 Å². The smallest absolute Gasteiger partial charge is 0.137 e. The van der Waals surface area contributed by atoms with Crippen molar-refractivity contribution in [1.29, 1.82) is 0 Å². The highest BCUT2D eigenvalue weighted by atomic mass is 16.1. The molecule has 8 heavy (non-hydrogen) atoms. The highest BCUT2D eigenvalue weighted by Gasteiger charge is 2.39. The Morgan fingerprint density at radius 2 is 2.50 bits per heavy atom. The fraction of sp³-hybridized carbons (Fsp3) is 0.571. The molecule has 0 amide bonds. The van der Waals surface area contributed by atoms with Crippen LogP contribution in [0.4, 0.5) is 0 Å². The van der Waals surface area contributed by atoms with E-state index >= 15 is 0 Å². The van der Waals surface area contributed by atoms with Crippen LogP contribution in [-0.4, -0.2) is 5.78 Å². The molecule has 0 aromatic rings. The molecular formula is C7H8O. The minimum atomic E-state index is 0.412. The minimum Gasteiger partial charge on any atom is -0.299 e. The molecule has 1 fully saturated rings. The van der Waals surface area contributed by atoms with Gasteiger partial charge in [0.2, 0.25) is 0 Å². The monoisotopic (exact) mass is 108 g/mol. The maximum atomic E-state index is 10.7. The van der Waals surface area contributed by atoms with Crippen molar-refractivity contribution in [3.8, 4) is 0 Å². The molecule has 0 aromatic heterocycles. The average Bonchev–Trinajstić information content (AvgIpc) is 2.09. The van der Waals surface area contributed by atoms with E-state index in [1.807, 2.05) is 0 Å². The largest absolute Gasteiger partial charge is 0.299 e. The van der Waals surface area contributed by atoms with Crippen LogP contribution in [0, 0.1) is 11.8 Å². The number of carbonyl (C=O) groups is 1. The number of carbonyl (C=O) groups excluding carboxylic acids is 1. The Balaban J connectivity index is 2.19. The molecule has 0 radical (unpaired) electrons. The number of Topliss-reactive ketones (excluding diaryl/α,β-unsaturated/α-hetero) is 1. The Bertz CT molecular complexity index is 158. The standard InChI is InChI=1S/C7H8O/c8-7-4-5-2-1-3-6(5)7/h1-2,5-6H,3-4H2. The maximum absolute atomic E-state index is 10.7. The molecule has 1 saturated carbocycles. The first-order chi connectivity index (χ1) is 3.88. The van der Waals surface area contributed by atoms with Gasteiger partial charge in [-0.2, -0.15) is 0 Å². The summed E-state index contributed by atoms with van der Waals surface area (Å²) in [6, 6.07) is 0. The molecule has 2 aliphatic carbocycles. The second kappa shape index (κ2) is 1.22. The van der Waals surface area contributed by atoms with Crippen LogP contribution in [-0.2, 0) is 4.79 Å². The lowest BCUT2D eigenvalue weighted by Gasteiger charge is -2.27. The van der Waals surface area contributed by atoms with Crippen LogP contribution in [0.15, 0.2) is 12.2 Å². The van der Waals surface area contributed by atoms with Gasteiger partial charge in [0.25, 0.3) is 0 Å². The van der Waals surface area contributed by atoms with Crippen molar-refractivity contribution in [3.05, 3.63) is 12.2 Å². The number of fused-ring (bicyclic) bond motifs is 1. The second-order valence-electron chi connectivity index (χ2n) is 2.60. The fourth-order valence-electron chi connectivity index (χ4n) is 1.51. The van der Waals surface area contributed by atoms with Gasteiger partial charge in [-0.15, -0.1) is 0 Å². The summed E-state index contributed by atoms with van der Waals surface area (Å²) < 4.78 is 0. The van der Waals surface area contributed by atoms with E-state index in [1.54, 1.807) is 0 Å². The maximum Gasteiger partial charge on any atom is 0.137 e. The summed E-state index contributed by atoms with van der Waals surface area (Å²) in [7, 11) is 0. The van der Waals surface area contributed by atoms with Gasteiger partial charge in [-0.05, 0) is 12.3 Å². The first-order valence-corrected chi connectivity index (χ1v) is 3.07. The van der Waals surface area contributed by atoms with E-state index in [0.717, 1.165) is 12.8 Å². The third-order valence-corrected chi connectivity index (χ3v) is 2.14. The van der Waals surface area contributed by atoms with Crippen molar-refractivity contribution < 1.29 is 4.79 Å². The van der Waals surface area contributed by atoms with Gasteiger partial charge in [0.1, 0.15) is 5.78 Å². The van der Waals surface area contributed by atoms with Crippen LogP contribution in [0.5, 0.6) is 0 Å². The molecule has 1 nitrogen and oxygen atoms in total. The normalized spacial score (nSPS) is 41.8. The Morgan fingerprint density at radius 3 is 3.00 bits per heavy atom. The lowest BCUT2D eigenvalue weighted by atomic mass is 9.75. The molecule has 2 unspecified atom stereocenters. The molecule has 0 saturated heterocycles. The lowest BCUT2D eigenvalue weighted by molar-refractivity contribution is -0.131. The van der Waals surface area contributed by atoms with E-state index < -0.39 is 0 Å². The Hall–Kier alpha value is -0.590. The molecule has 0 bridgehead atoms. The van der Waals surface area contributed by atoms with Crippen molar-refractivity contribution in [1.82, 2.24) is 0 Å². The molecule has 0 aliphatic heterocycles. The number of hydrogen-bond acceptors (Lipinski definition) is 1. The average molecular weight is 108 g/mol. The van der Waals surface area contributed by atoms with E-state index in [9.17, 15) is 4.79 Å². The summed E-state index contributed by atoms with van der Waals surface area (Å²) in [5.74, 6) is 1.53. The third-order valence-electron chi connectivity index (χ3n) is 2.14. The van der Waals surface area contributed by atoms with Crippen LogP contribution in [0.3, 0.4) is 0 Å². The van der Waals surface area contributed by atoms with Crippen LogP contribution >= 0.6 is 0 Å². The van der Waals surface area contributed by atoms with Crippen LogP contribution in [0.2, 0.25) is 0 Å². The molecule has 2 atom stereocenters. The summed E-state index contributed by atoms with van der Waals surface area (Å²) in [5.41, 5.74) is 0. The van der Waals surface area contributed by atoms with Gasteiger partial charge >= 0.3 is 0 Å². The molecule has 2 aliphatic rings. The van der Waals surface area contributed by atoms with Crippen molar-refractivity contribution in [2.45, 2.75) is 12.8 Å². The predicted octanol–water partition coefficient (Wildman–Crippen LogP) is 1.15. The van der Waals surface area contributed by atoms with Crippen LogP contribution in [0.25, 0.3) is 0 Å². The molecule has 42 valence electrons. The van der Waals surface area contributed by atoms with Crippen molar-refractivity contribution in [2.24, 2.45) is 11.8 Å². The van der Waals surface area contributed by atoms with Gasteiger partial charge in [-0.3, -0.25) is 4.79 Å². The van der Waals surface area contributed by atoms with Gasteiger partial charge < -0.3 is 0 Å². The zero-order valence-electron chi connectivity index (χ0n) is 4.63. The van der Waals surface area contributed by atoms with Gasteiger partial charge in [-0.1, -0.05) is 12.2 Å². The number of allylic oxidation sites excluding steroid dienone is 2. The van der Waals surface area contributed by atoms with E-state index in [1.165, 1.54) is 0 Å². The van der Waals surface area contributed by atoms with Gasteiger partial charge in [-0.25, -0.2) is 0 Å². The highest BCUT2D eigenvalue weighted by Crippen LogP contribution is 2.38. The quantitative estimate of drug-likeness (QED) is 0.425. The van der Waals surface area contributed by atoms with E-state index in [0.29, 0.717) is 17.6 Å². The van der Waals surface area contributed by atoms with Gasteiger partial charge in [0.15, 0.2) is 0 Å². The molecule has 0 heterocycles. The fourth-order valence-corrected chi connectivity index (χ4v) is 1.51.